The van der Waals surface area contributed by atoms with Crippen LogP contribution in [0.5, 0.6) is 0 Å². The average molecular weight is 526 g/mol. The van der Waals surface area contributed by atoms with Crippen molar-refractivity contribution in [3.63, 3.8) is 0 Å². The lowest BCUT2D eigenvalue weighted by Gasteiger charge is -2.29. The summed E-state index contributed by atoms with van der Waals surface area (Å²) in [5, 5.41) is 40.1. The van der Waals surface area contributed by atoms with Crippen molar-refractivity contribution in [1.82, 2.24) is 0 Å². The molecule has 11 atom stereocenters. The molecule has 5 aliphatic rings. The Bertz CT molecular complexity index is 785. The van der Waals surface area contributed by atoms with E-state index in [1.54, 1.807) is 6.92 Å². The van der Waals surface area contributed by atoms with Gasteiger partial charge in [0.15, 0.2) is 18.2 Å². The number of ketones is 1. The van der Waals surface area contributed by atoms with Gasteiger partial charge >= 0.3 is 0 Å². The average Bonchev–Trinajstić information content (AvgIpc) is 3.46. The monoisotopic (exact) mass is 526 g/mol. The number of hydrogen-bond donors (Lipinski definition) is 4. The summed E-state index contributed by atoms with van der Waals surface area (Å²) in [5.74, 6) is -0.497. The van der Waals surface area contributed by atoms with Crippen molar-refractivity contribution < 1.29 is 77.9 Å². The molecule has 5 aliphatic heterocycles. The minimum atomic E-state index is -1.46. The number of ether oxygens (including phenoxy) is 7. The topological polar surface area (TPSA) is 200 Å². The predicted molar refractivity (Wildman–Crippen MR) is 105 cm³/mol. The Kier molecular flexibility index (Phi) is 7.91. The first-order valence-corrected chi connectivity index (χ1v) is 11.5. The molecule has 5 unspecified atom stereocenters. The molecular weight excluding hydrogens is 496 g/mol. The van der Waals surface area contributed by atoms with Crippen LogP contribution in [0.1, 0.15) is 6.92 Å². The molecule has 0 radical (unpaired) electrons. The highest BCUT2D eigenvalue weighted by Gasteiger charge is 2.62. The van der Waals surface area contributed by atoms with Gasteiger partial charge < -0.3 is 53.6 Å². The van der Waals surface area contributed by atoms with Crippen LogP contribution in [0.15, 0.2) is 0 Å². The van der Waals surface area contributed by atoms with E-state index in [9.17, 15) is 25.2 Å². The highest BCUT2D eigenvalue weighted by Crippen LogP contribution is 2.40. The van der Waals surface area contributed by atoms with Gasteiger partial charge in [-0.15, -0.1) is 0 Å². The van der Waals surface area contributed by atoms with E-state index in [-0.39, 0.29) is 39.8 Å². The van der Waals surface area contributed by atoms with E-state index in [4.69, 9.17) is 52.7 Å². The normalized spacial score (nSPS) is 48.1. The highest BCUT2D eigenvalue weighted by atomic mass is 17.2. The van der Waals surface area contributed by atoms with E-state index in [1.807, 2.05) is 0 Å². The second-order valence-electron chi connectivity index (χ2n) is 9.06. The third-order valence-electron chi connectivity index (χ3n) is 6.77. The summed E-state index contributed by atoms with van der Waals surface area (Å²) in [7, 11) is 0. The fourth-order valence-electron chi connectivity index (χ4n) is 4.74. The lowest BCUT2D eigenvalue weighted by molar-refractivity contribution is -0.421. The highest BCUT2D eigenvalue weighted by molar-refractivity contribution is 5.89. The second kappa shape index (κ2) is 10.7. The van der Waals surface area contributed by atoms with Crippen LogP contribution >= 0.6 is 0 Å². The summed E-state index contributed by atoms with van der Waals surface area (Å²) in [6, 6.07) is 0. The van der Waals surface area contributed by atoms with Crippen molar-refractivity contribution in [1.29, 1.82) is 0 Å². The zero-order valence-corrected chi connectivity index (χ0v) is 19.3. The van der Waals surface area contributed by atoms with Gasteiger partial charge in [-0.2, -0.15) is 0 Å². The minimum Gasteiger partial charge on any atom is -0.393 e. The zero-order chi connectivity index (χ0) is 25.5. The van der Waals surface area contributed by atoms with Crippen molar-refractivity contribution in [2.45, 2.75) is 73.6 Å². The Morgan fingerprint density at radius 1 is 0.972 bits per heavy atom. The van der Waals surface area contributed by atoms with E-state index in [0.29, 0.717) is 0 Å². The summed E-state index contributed by atoms with van der Waals surface area (Å²) in [5.41, 5.74) is -2.74. The van der Waals surface area contributed by atoms with Crippen LogP contribution in [0.2, 0.25) is 0 Å². The number of carbonyl (C=O) groups excluding carboxylic acids is 1. The van der Waals surface area contributed by atoms with Crippen LogP contribution in [0.25, 0.3) is 0 Å². The molecule has 5 fully saturated rings. The number of hydrogen-bond acceptors (Lipinski definition) is 16. The number of rotatable bonds is 11. The summed E-state index contributed by atoms with van der Waals surface area (Å²) in [4.78, 5) is 33.5. The molecule has 5 heterocycles. The molecule has 0 amide bonds. The fraction of sp³-hybridized carbons (Fsp3) is 0.950. The summed E-state index contributed by atoms with van der Waals surface area (Å²) in [6.07, 6.45) is -10.3. The first-order valence-electron chi connectivity index (χ1n) is 11.5. The summed E-state index contributed by atoms with van der Waals surface area (Å²) < 4.78 is 37.7. The molecule has 0 spiro atoms. The molecule has 36 heavy (non-hydrogen) atoms. The summed E-state index contributed by atoms with van der Waals surface area (Å²) >= 11 is 0. The quantitative estimate of drug-likeness (QED) is 0.151. The van der Waals surface area contributed by atoms with Crippen molar-refractivity contribution in [3.05, 3.63) is 0 Å². The zero-order valence-electron chi connectivity index (χ0n) is 19.3. The van der Waals surface area contributed by atoms with Crippen LogP contribution in [0.4, 0.5) is 0 Å². The lowest BCUT2D eigenvalue weighted by atomic mass is 9.97. The van der Waals surface area contributed by atoms with Gasteiger partial charge in [0.2, 0.25) is 12.6 Å². The molecule has 5 saturated heterocycles. The first-order chi connectivity index (χ1) is 17.3. The Morgan fingerprint density at radius 2 is 1.75 bits per heavy atom. The molecule has 0 aromatic heterocycles. The molecule has 0 aromatic carbocycles. The van der Waals surface area contributed by atoms with E-state index < -0.39 is 79.1 Å². The maximum Gasteiger partial charge on any atom is 0.225 e. The Morgan fingerprint density at radius 3 is 2.50 bits per heavy atom. The van der Waals surface area contributed by atoms with Crippen LogP contribution in [0, 0.1) is 0 Å². The number of carbonyl (C=O) groups is 1. The molecule has 16 nitrogen and oxygen atoms in total. The molecular formula is C20H30O16. The fourth-order valence-corrected chi connectivity index (χ4v) is 4.74. The van der Waals surface area contributed by atoms with Crippen LogP contribution in [-0.2, 0) is 57.5 Å². The van der Waals surface area contributed by atoms with Crippen molar-refractivity contribution in [2.24, 2.45) is 0 Å². The molecule has 16 heteroatoms. The van der Waals surface area contributed by atoms with Gasteiger partial charge in [-0.3, -0.25) is 4.79 Å². The minimum absolute atomic E-state index is 0.0105. The first kappa shape index (κ1) is 26.7. The lowest BCUT2D eigenvalue weighted by Crippen LogP contribution is -2.49. The number of fused-ring (bicyclic) bond motifs is 4. The van der Waals surface area contributed by atoms with Crippen molar-refractivity contribution in [3.8, 4) is 0 Å². The standard InChI is InChI=1S/C20H30O16/c1-2-27-11-10(22)9(3-30-36-18-13-15(24)19(4-21,34-18)6-28-13)32-17(11)35-31-7-20-5-26-8-29-12(14(20)23)16(25)33-20/h9,11-18,21,23-25H,2-8H2,1H3/t9-,11?,12?,13?,14?,15?,16-,17+,18+,19+,20-/m1/s1. The second-order valence-corrected chi connectivity index (χ2v) is 9.06. The molecule has 4 bridgehead atoms. The third-order valence-corrected chi connectivity index (χ3v) is 6.77. The van der Waals surface area contributed by atoms with Gasteiger partial charge in [-0.05, 0) is 6.92 Å². The Balaban J connectivity index is 1.12. The molecule has 0 aliphatic carbocycles. The largest absolute Gasteiger partial charge is 0.393 e. The van der Waals surface area contributed by atoms with Gasteiger partial charge in [0.05, 0.1) is 19.8 Å². The van der Waals surface area contributed by atoms with E-state index >= 15 is 0 Å². The van der Waals surface area contributed by atoms with Gasteiger partial charge in [0.25, 0.3) is 0 Å². The molecule has 4 N–H and O–H groups in total. The summed E-state index contributed by atoms with van der Waals surface area (Å²) in [6.45, 7) is 0.365. The SMILES string of the molecule is CCOC1C(=O)[C@@H](COO[C@@H]2O[C@@]3(CO)COC2C3O)O[C@H]1OOC[C@]12COCOC(C1O)[C@H](O)O2. The third kappa shape index (κ3) is 4.59. The molecule has 0 saturated carbocycles. The van der Waals surface area contributed by atoms with Gasteiger partial charge in [0, 0.05) is 6.61 Å². The number of aliphatic hydroxyl groups is 4. The number of Topliss-reactive ketones (excluding diaryl/α,β-unsaturated/α-hetero) is 1. The van der Waals surface area contributed by atoms with Gasteiger partial charge in [0.1, 0.15) is 61.7 Å². The smallest absolute Gasteiger partial charge is 0.225 e. The maximum atomic E-state index is 12.8. The number of aliphatic hydroxyl groups excluding tert-OH is 4. The Hall–Kier alpha value is -0.930. The van der Waals surface area contributed by atoms with Gasteiger partial charge in [-0.25, -0.2) is 19.6 Å². The van der Waals surface area contributed by atoms with Crippen LogP contribution < -0.4 is 0 Å². The van der Waals surface area contributed by atoms with Crippen LogP contribution in [0.3, 0.4) is 0 Å². The van der Waals surface area contributed by atoms with Gasteiger partial charge in [-0.1, -0.05) is 0 Å². The molecule has 0 aromatic rings. The predicted octanol–water partition coefficient (Wildman–Crippen LogP) is -3.75. The van der Waals surface area contributed by atoms with Crippen LogP contribution in [-0.4, -0.2) is 139 Å². The van der Waals surface area contributed by atoms with E-state index in [0.717, 1.165) is 0 Å². The Labute approximate surface area is 204 Å². The van der Waals surface area contributed by atoms with Crippen molar-refractivity contribution >= 4 is 5.78 Å². The molecule has 206 valence electrons. The van der Waals surface area contributed by atoms with E-state index in [1.165, 1.54) is 0 Å². The maximum absolute atomic E-state index is 12.8. The molecule has 5 rings (SSSR count). The van der Waals surface area contributed by atoms with Crippen molar-refractivity contribution in [2.75, 3.05) is 46.4 Å². The van der Waals surface area contributed by atoms with E-state index in [2.05, 4.69) is 0 Å².